The van der Waals surface area contributed by atoms with Crippen molar-refractivity contribution in [2.24, 2.45) is 0 Å². The topological polar surface area (TPSA) is 69.8 Å². The van der Waals surface area contributed by atoms with Crippen LogP contribution in [0.15, 0.2) is 35.5 Å². The molecule has 5 nitrogen and oxygen atoms in total. The van der Waals surface area contributed by atoms with Crippen LogP contribution in [0.1, 0.15) is 23.2 Å². The smallest absolute Gasteiger partial charge is 0.266 e. The van der Waals surface area contributed by atoms with Crippen LogP contribution in [0.5, 0.6) is 0 Å². The molecule has 0 saturated heterocycles. The average Bonchev–Trinajstić information content (AvgIpc) is 3.02. The Kier molecular flexibility index (Phi) is 2.44. The molecule has 0 radical (unpaired) electrons. The maximum absolute atomic E-state index is 11.4. The molecule has 0 saturated carbocycles. The number of aromatic amines is 1. The quantitative estimate of drug-likeness (QED) is 0.677. The summed E-state index contributed by atoms with van der Waals surface area (Å²) in [5.74, 6) is 0.455. The summed E-state index contributed by atoms with van der Waals surface area (Å²) in [6, 6.07) is 0. The fourth-order valence-corrected chi connectivity index (χ4v) is 2.29. The molecule has 1 aromatic rings. The summed E-state index contributed by atoms with van der Waals surface area (Å²) in [7, 11) is 0. The predicted octanol–water partition coefficient (Wildman–Crippen LogP) is 0.171. The molecule has 3 N–H and O–H groups in total. The molecule has 0 amide bonds. The van der Waals surface area contributed by atoms with Gasteiger partial charge in [0.2, 0.25) is 0 Å². The molecule has 5 heteroatoms. The van der Waals surface area contributed by atoms with Gasteiger partial charge in [0, 0.05) is 30.6 Å². The second-order valence-electron chi connectivity index (χ2n) is 4.29. The van der Waals surface area contributed by atoms with Gasteiger partial charge in [-0.15, -0.1) is 0 Å². The number of aromatic nitrogens is 2. The van der Waals surface area contributed by atoms with Gasteiger partial charge in [0.25, 0.3) is 5.56 Å². The number of rotatable bonds is 2. The Labute approximate surface area is 98.7 Å². The zero-order chi connectivity index (χ0) is 11.7. The van der Waals surface area contributed by atoms with E-state index in [9.17, 15) is 4.79 Å². The van der Waals surface area contributed by atoms with E-state index in [4.69, 9.17) is 0 Å². The van der Waals surface area contributed by atoms with Crippen LogP contribution in [-0.2, 0) is 0 Å². The van der Waals surface area contributed by atoms with Gasteiger partial charge in [0.05, 0.1) is 11.9 Å². The van der Waals surface area contributed by atoms with E-state index in [-0.39, 0.29) is 17.4 Å². The number of nitrogens with zero attached hydrogens (tertiary/aromatic N) is 1. The molecule has 2 unspecified atom stereocenters. The van der Waals surface area contributed by atoms with Crippen LogP contribution in [0, 0.1) is 0 Å². The third-order valence-corrected chi connectivity index (χ3v) is 3.15. The highest BCUT2D eigenvalue weighted by Gasteiger charge is 2.23. The summed E-state index contributed by atoms with van der Waals surface area (Å²) in [5.41, 5.74) is 1.75. The van der Waals surface area contributed by atoms with Crippen LogP contribution in [0.3, 0.4) is 0 Å². The van der Waals surface area contributed by atoms with Crippen molar-refractivity contribution in [1.29, 1.82) is 0 Å². The minimum atomic E-state index is -0.140. The van der Waals surface area contributed by atoms with E-state index in [0.717, 1.165) is 24.5 Å². The van der Waals surface area contributed by atoms with E-state index < -0.39 is 0 Å². The summed E-state index contributed by atoms with van der Waals surface area (Å²) < 4.78 is 0. The van der Waals surface area contributed by atoms with Crippen molar-refractivity contribution in [2.75, 3.05) is 13.1 Å². The molecule has 3 rings (SSSR count). The molecule has 2 aliphatic heterocycles. The van der Waals surface area contributed by atoms with Gasteiger partial charge in [-0.25, -0.2) is 0 Å². The number of hydrogen-bond acceptors (Lipinski definition) is 4. The van der Waals surface area contributed by atoms with Crippen molar-refractivity contribution < 1.29 is 0 Å². The number of H-pyrrole nitrogens is 1. The molecule has 0 spiro atoms. The van der Waals surface area contributed by atoms with Crippen LogP contribution in [0.2, 0.25) is 0 Å². The summed E-state index contributed by atoms with van der Waals surface area (Å²) in [4.78, 5) is 18.6. The van der Waals surface area contributed by atoms with Gasteiger partial charge in [-0.2, -0.15) is 0 Å². The van der Waals surface area contributed by atoms with Crippen molar-refractivity contribution in [1.82, 2.24) is 20.6 Å². The lowest BCUT2D eigenvalue weighted by molar-refractivity contribution is 0.713. The van der Waals surface area contributed by atoms with Crippen molar-refractivity contribution in [3.63, 3.8) is 0 Å². The van der Waals surface area contributed by atoms with E-state index in [2.05, 4.69) is 32.8 Å². The van der Waals surface area contributed by atoms with Crippen LogP contribution < -0.4 is 16.2 Å². The van der Waals surface area contributed by atoms with Crippen LogP contribution in [-0.4, -0.2) is 23.1 Å². The SMILES string of the molecule is O=c1cnc(C2C=CNC2)c(C2C=CNC2)[nH]1. The highest BCUT2D eigenvalue weighted by atomic mass is 16.1. The molecule has 0 aliphatic carbocycles. The number of nitrogens with one attached hydrogen (secondary N) is 3. The molecule has 0 bridgehead atoms. The lowest BCUT2D eigenvalue weighted by Crippen LogP contribution is -2.21. The van der Waals surface area contributed by atoms with Gasteiger partial charge in [-0.3, -0.25) is 9.78 Å². The standard InChI is InChI=1S/C12H14N4O/c17-10-7-15-11(8-1-3-13-5-8)12(16-10)9-2-4-14-6-9/h1-4,7-9,13-14H,5-6H2,(H,16,17). The molecule has 0 fully saturated rings. The first-order valence-corrected chi connectivity index (χ1v) is 5.74. The minimum Gasteiger partial charge on any atom is -0.390 e. The van der Waals surface area contributed by atoms with Crippen molar-refractivity contribution in [3.8, 4) is 0 Å². The van der Waals surface area contributed by atoms with Crippen LogP contribution in [0.25, 0.3) is 0 Å². The zero-order valence-electron chi connectivity index (χ0n) is 9.31. The molecule has 88 valence electrons. The minimum absolute atomic E-state index is 0.140. The first kappa shape index (κ1) is 10.1. The van der Waals surface area contributed by atoms with Crippen LogP contribution >= 0.6 is 0 Å². The van der Waals surface area contributed by atoms with Gasteiger partial charge < -0.3 is 15.6 Å². The predicted molar refractivity (Wildman–Crippen MR) is 64.6 cm³/mol. The first-order valence-electron chi connectivity index (χ1n) is 5.74. The monoisotopic (exact) mass is 230 g/mol. The van der Waals surface area contributed by atoms with Gasteiger partial charge in [-0.1, -0.05) is 12.2 Å². The molecular formula is C12H14N4O. The van der Waals surface area contributed by atoms with Crippen molar-refractivity contribution in [2.45, 2.75) is 11.8 Å². The fourth-order valence-electron chi connectivity index (χ4n) is 2.29. The van der Waals surface area contributed by atoms with Gasteiger partial charge in [-0.05, 0) is 12.4 Å². The van der Waals surface area contributed by atoms with Crippen molar-refractivity contribution in [3.05, 3.63) is 52.5 Å². The molecule has 17 heavy (non-hydrogen) atoms. The maximum atomic E-state index is 11.4. The summed E-state index contributed by atoms with van der Waals surface area (Å²) in [6.45, 7) is 1.66. The maximum Gasteiger partial charge on any atom is 0.266 e. The van der Waals surface area contributed by atoms with Crippen LogP contribution in [0.4, 0.5) is 0 Å². The second-order valence-corrected chi connectivity index (χ2v) is 4.29. The first-order chi connectivity index (χ1) is 8.34. The van der Waals surface area contributed by atoms with Gasteiger partial charge >= 0.3 is 0 Å². The summed E-state index contributed by atoms with van der Waals surface area (Å²) in [6.07, 6.45) is 9.35. The molecular weight excluding hydrogens is 216 g/mol. The summed E-state index contributed by atoms with van der Waals surface area (Å²) >= 11 is 0. The Morgan fingerprint density at radius 1 is 1.12 bits per heavy atom. The van der Waals surface area contributed by atoms with Gasteiger partial charge in [0.15, 0.2) is 0 Å². The molecule has 1 aromatic heterocycles. The Balaban J connectivity index is 2.04. The lowest BCUT2D eigenvalue weighted by Gasteiger charge is -2.15. The zero-order valence-corrected chi connectivity index (χ0v) is 9.31. The van der Waals surface area contributed by atoms with Crippen molar-refractivity contribution >= 4 is 0 Å². The number of hydrogen-bond donors (Lipinski definition) is 3. The molecule has 3 heterocycles. The molecule has 2 aliphatic rings. The van der Waals surface area contributed by atoms with Gasteiger partial charge in [0.1, 0.15) is 0 Å². The third kappa shape index (κ3) is 1.84. The highest BCUT2D eigenvalue weighted by molar-refractivity contribution is 5.30. The highest BCUT2D eigenvalue weighted by Crippen LogP contribution is 2.26. The Bertz CT molecular complexity index is 532. The normalized spacial score (nSPS) is 25.9. The van der Waals surface area contributed by atoms with E-state index in [1.54, 1.807) is 0 Å². The second kappa shape index (κ2) is 4.08. The van der Waals surface area contributed by atoms with E-state index in [1.165, 1.54) is 6.20 Å². The largest absolute Gasteiger partial charge is 0.390 e. The average molecular weight is 230 g/mol. The Morgan fingerprint density at radius 3 is 2.47 bits per heavy atom. The van der Waals surface area contributed by atoms with E-state index in [0.29, 0.717) is 0 Å². The third-order valence-electron chi connectivity index (χ3n) is 3.15. The molecule has 2 atom stereocenters. The van der Waals surface area contributed by atoms with E-state index in [1.807, 2.05) is 12.4 Å². The molecule has 0 aromatic carbocycles. The van der Waals surface area contributed by atoms with E-state index >= 15 is 0 Å². The fraction of sp³-hybridized carbons (Fsp3) is 0.333. The Hall–Kier alpha value is -2.04. The Morgan fingerprint density at radius 2 is 1.82 bits per heavy atom. The summed E-state index contributed by atoms with van der Waals surface area (Å²) in [5, 5.41) is 6.30. The lowest BCUT2D eigenvalue weighted by atomic mass is 9.97.